The first-order valence-corrected chi connectivity index (χ1v) is 6.09. The van der Waals surface area contributed by atoms with Crippen molar-refractivity contribution < 1.29 is 4.79 Å². The molecule has 15 heavy (non-hydrogen) atoms. The molecule has 1 rings (SSSR count). The summed E-state index contributed by atoms with van der Waals surface area (Å²) < 4.78 is -0.291. The van der Waals surface area contributed by atoms with E-state index in [1.54, 1.807) is 18.2 Å². The predicted octanol–water partition coefficient (Wildman–Crippen LogP) is 3.89. The van der Waals surface area contributed by atoms with Crippen molar-refractivity contribution in [3.05, 3.63) is 33.8 Å². The summed E-state index contributed by atoms with van der Waals surface area (Å²) in [5.74, 6) is -0.159. The quantitative estimate of drug-likeness (QED) is 0.485. The van der Waals surface area contributed by atoms with Crippen molar-refractivity contribution in [3.8, 4) is 0 Å². The van der Waals surface area contributed by atoms with Crippen molar-refractivity contribution in [2.75, 3.05) is 0 Å². The van der Waals surface area contributed by atoms with E-state index in [4.69, 9.17) is 23.2 Å². The van der Waals surface area contributed by atoms with Gasteiger partial charge in [0.2, 0.25) is 0 Å². The molecule has 0 bridgehead atoms. The molecule has 0 aliphatic rings. The van der Waals surface area contributed by atoms with Gasteiger partial charge in [0.15, 0.2) is 0 Å². The van der Waals surface area contributed by atoms with E-state index in [0.717, 1.165) is 0 Å². The molecular formula is C10H10Cl2INO. The summed E-state index contributed by atoms with van der Waals surface area (Å²) in [6.45, 7) is 3.81. The molecule has 5 heteroatoms. The molecule has 1 aromatic rings. The molecule has 2 nitrogen and oxygen atoms in total. The Bertz CT molecular complexity index is 387. The summed E-state index contributed by atoms with van der Waals surface area (Å²) in [6, 6.07) is 4.81. The maximum Gasteiger partial charge on any atom is 0.252 e. The fraction of sp³-hybridized carbons (Fsp3) is 0.300. The molecular weight excluding hydrogens is 348 g/mol. The van der Waals surface area contributed by atoms with E-state index in [-0.39, 0.29) is 9.45 Å². The highest BCUT2D eigenvalue weighted by Crippen LogP contribution is 2.23. The van der Waals surface area contributed by atoms with Crippen molar-refractivity contribution in [3.63, 3.8) is 0 Å². The summed E-state index contributed by atoms with van der Waals surface area (Å²) in [5, 5.41) is 3.66. The van der Waals surface area contributed by atoms with Gasteiger partial charge in [0, 0.05) is 5.56 Å². The van der Waals surface area contributed by atoms with Gasteiger partial charge in [-0.1, -0.05) is 45.8 Å². The Balaban J connectivity index is 2.88. The van der Waals surface area contributed by atoms with E-state index >= 15 is 0 Å². The number of alkyl halides is 1. The standard InChI is InChI=1S/C10H10Cl2INO/c1-10(2,13)14-9(15)6-3-4-7(11)8(12)5-6/h3-5H,1-2H3,(H,14,15). The van der Waals surface area contributed by atoms with Crippen LogP contribution in [0.3, 0.4) is 0 Å². The molecule has 0 aliphatic carbocycles. The topological polar surface area (TPSA) is 29.1 Å². The highest BCUT2D eigenvalue weighted by molar-refractivity contribution is 14.1. The molecule has 0 aromatic heterocycles. The summed E-state index contributed by atoms with van der Waals surface area (Å²) >= 11 is 13.7. The lowest BCUT2D eigenvalue weighted by Gasteiger charge is -2.18. The van der Waals surface area contributed by atoms with Crippen LogP contribution in [-0.4, -0.2) is 9.45 Å². The van der Waals surface area contributed by atoms with Crippen LogP contribution in [0.15, 0.2) is 18.2 Å². The SMILES string of the molecule is CC(C)(I)NC(=O)c1ccc(Cl)c(Cl)c1. The number of nitrogens with one attached hydrogen (secondary N) is 1. The number of rotatable bonds is 2. The number of benzene rings is 1. The Morgan fingerprint density at radius 2 is 1.93 bits per heavy atom. The van der Waals surface area contributed by atoms with Gasteiger partial charge in [0.25, 0.3) is 5.91 Å². The van der Waals surface area contributed by atoms with Crippen molar-refractivity contribution >= 4 is 51.7 Å². The fourth-order valence-corrected chi connectivity index (χ4v) is 1.52. The highest BCUT2D eigenvalue weighted by atomic mass is 127. The number of hydrogen-bond acceptors (Lipinski definition) is 1. The molecule has 0 fully saturated rings. The Kier molecular flexibility index (Phi) is 4.26. The lowest BCUT2D eigenvalue weighted by atomic mass is 10.2. The number of halogens is 3. The minimum absolute atomic E-state index is 0.159. The second-order valence-corrected chi connectivity index (χ2v) is 7.07. The predicted molar refractivity (Wildman–Crippen MR) is 72.0 cm³/mol. The van der Waals surface area contributed by atoms with Gasteiger partial charge in [-0.15, -0.1) is 0 Å². The average Bonchev–Trinajstić information content (AvgIpc) is 2.06. The average molecular weight is 358 g/mol. The number of amides is 1. The molecule has 1 N–H and O–H groups in total. The van der Waals surface area contributed by atoms with E-state index in [1.165, 1.54) is 0 Å². The monoisotopic (exact) mass is 357 g/mol. The van der Waals surface area contributed by atoms with E-state index < -0.39 is 0 Å². The second-order valence-electron chi connectivity index (χ2n) is 3.56. The Labute approximate surface area is 112 Å². The van der Waals surface area contributed by atoms with Crippen molar-refractivity contribution in [2.45, 2.75) is 17.4 Å². The third kappa shape index (κ3) is 4.17. The summed E-state index contributed by atoms with van der Waals surface area (Å²) in [4.78, 5) is 11.7. The fourth-order valence-electron chi connectivity index (χ4n) is 0.980. The van der Waals surface area contributed by atoms with E-state index in [9.17, 15) is 4.79 Å². The molecule has 0 atom stereocenters. The number of carbonyl (C=O) groups excluding carboxylic acids is 1. The Hall–Kier alpha value is -0.0000000000000000555. The molecule has 1 amide bonds. The lowest BCUT2D eigenvalue weighted by Crippen LogP contribution is -2.37. The van der Waals surface area contributed by atoms with Gasteiger partial charge < -0.3 is 5.32 Å². The molecule has 1 aromatic carbocycles. The van der Waals surface area contributed by atoms with E-state index in [1.807, 2.05) is 13.8 Å². The van der Waals surface area contributed by atoms with Gasteiger partial charge in [-0.25, -0.2) is 0 Å². The zero-order chi connectivity index (χ0) is 11.6. The van der Waals surface area contributed by atoms with E-state index in [0.29, 0.717) is 15.6 Å². The molecule has 0 spiro atoms. The van der Waals surface area contributed by atoms with Gasteiger partial charge in [0.05, 0.1) is 13.6 Å². The smallest absolute Gasteiger partial charge is 0.252 e. The third-order valence-corrected chi connectivity index (χ3v) is 2.60. The van der Waals surface area contributed by atoms with Crippen LogP contribution in [0.25, 0.3) is 0 Å². The Morgan fingerprint density at radius 1 is 1.33 bits per heavy atom. The molecule has 0 unspecified atom stereocenters. The normalized spacial score (nSPS) is 11.3. The zero-order valence-electron chi connectivity index (χ0n) is 8.27. The largest absolute Gasteiger partial charge is 0.338 e. The molecule has 0 heterocycles. The van der Waals surface area contributed by atoms with Crippen LogP contribution in [0.4, 0.5) is 0 Å². The van der Waals surface area contributed by atoms with Crippen molar-refractivity contribution in [2.24, 2.45) is 0 Å². The zero-order valence-corrected chi connectivity index (χ0v) is 11.9. The van der Waals surface area contributed by atoms with E-state index in [2.05, 4.69) is 27.9 Å². The molecule has 82 valence electrons. The van der Waals surface area contributed by atoms with Crippen molar-refractivity contribution in [1.29, 1.82) is 0 Å². The van der Waals surface area contributed by atoms with Crippen LogP contribution in [0, 0.1) is 0 Å². The number of carbonyl (C=O) groups is 1. The highest BCUT2D eigenvalue weighted by Gasteiger charge is 2.17. The minimum atomic E-state index is -0.291. The molecule has 0 saturated heterocycles. The molecule has 0 aliphatic heterocycles. The van der Waals surface area contributed by atoms with Crippen LogP contribution < -0.4 is 5.32 Å². The first-order valence-electron chi connectivity index (χ1n) is 4.26. The van der Waals surface area contributed by atoms with Gasteiger partial charge in [-0.05, 0) is 32.0 Å². The second kappa shape index (κ2) is 4.89. The maximum absolute atomic E-state index is 11.7. The first kappa shape index (κ1) is 13.1. The van der Waals surface area contributed by atoms with Crippen LogP contribution >= 0.6 is 45.8 Å². The molecule has 0 radical (unpaired) electrons. The molecule has 0 saturated carbocycles. The maximum atomic E-state index is 11.7. The summed E-state index contributed by atoms with van der Waals surface area (Å²) in [5.41, 5.74) is 0.508. The Morgan fingerprint density at radius 3 is 2.40 bits per heavy atom. The van der Waals surface area contributed by atoms with Gasteiger partial charge in [-0.2, -0.15) is 0 Å². The van der Waals surface area contributed by atoms with Gasteiger partial charge in [-0.3, -0.25) is 4.79 Å². The minimum Gasteiger partial charge on any atom is -0.338 e. The number of hydrogen-bond donors (Lipinski definition) is 1. The third-order valence-electron chi connectivity index (χ3n) is 1.59. The lowest BCUT2D eigenvalue weighted by molar-refractivity contribution is 0.0940. The van der Waals surface area contributed by atoms with Crippen LogP contribution in [0.1, 0.15) is 24.2 Å². The first-order chi connectivity index (χ1) is 6.79. The van der Waals surface area contributed by atoms with Crippen LogP contribution in [0.5, 0.6) is 0 Å². The van der Waals surface area contributed by atoms with Gasteiger partial charge >= 0.3 is 0 Å². The van der Waals surface area contributed by atoms with Crippen LogP contribution in [-0.2, 0) is 0 Å². The summed E-state index contributed by atoms with van der Waals surface area (Å²) in [6.07, 6.45) is 0. The van der Waals surface area contributed by atoms with Crippen LogP contribution in [0.2, 0.25) is 10.0 Å². The van der Waals surface area contributed by atoms with Crippen molar-refractivity contribution in [1.82, 2.24) is 5.32 Å². The van der Waals surface area contributed by atoms with Gasteiger partial charge in [0.1, 0.15) is 0 Å². The summed E-state index contributed by atoms with van der Waals surface area (Å²) in [7, 11) is 0.